The van der Waals surface area contributed by atoms with Gasteiger partial charge in [-0.15, -0.1) is 0 Å². The molecule has 0 N–H and O–H groups in total. The fraction of sp³-hybridized carbons (Fsp3) is 0.353. The summed E-state index contributed by atoms with van der Waals surface area (Å²) in [6.07, 6.45) is 3.12. The molecule has 0 radical (unpaired) electrons. The van der Waals surface area contributed by atoms with Gasteiger partial charge in [0.1, 0.15) is 11.4 Å². The Balaban J connectivity index is 1.45. The Labute approximate surface area is 250 Å². The fourth-order valence-electron chi connectivity index (χ4n) is 6.14. The number of carbonyl (C=O) groups excluding carboxylic acids is 1. The molecule has 6 rings (SSSR count). The van der Waals surface area contributed by atoms with Crippen molar-refractivity contribution in [1.82, 2.24) is 14.3 Å². The maximum atomic E-state index is 13.6. The summed E-state index contributed by atoms with van der Waals surface area (Å²) in [5.74, 6) is 0.557. The molecule has 0 amide bonds. The molecule has 0 fully saturated rings. The Bertz CT molecular complexity index is 1770. The van der Waals surface area contributed by atoms with Crippen LogP contribution in [0.2, 0.25) is 5.02 Å². The monoisotopic (exact) mass is 585 g/mol. The van der Waals surface area contributed by atoms with E-state index >= 15 is 0 Å². The minimum absolute atomic E-state index is 0.303. The quantitative estimate of drug-likeness (QED) is 0.145. The highest BCUT2D eigenvalue weighted by atomic mass is 35.5. The molecule has 2 aromatic heterocycles. The van der Waals surface area contributed by atoms with Crippen molar-refractivity contribution in [3.63, 3.8) is 0 Å². The van der Waals surface area contributed by atoms with Crippen LogP contribution < -0.4 is 4.74 Å². The number of rotatable bonds is 7. The van der Waals surface area contributed by atoms with E-state index in [-0.39, 0.29) is 5.97 Å². The van der Waals surface area contributed by atoms with E-state index in [1.165, 1.54) is 0 Å². The standard InChI is InChI=1S/C34H36ClN3O4/c1-4-41-34(39)33-25(14-10-20-42-29-15-9-12-23-11-5-6-13-24(23)29)26-16-17-27(35)31-30-22(2)37(3)36-28(30)21-40-19-8-7-18-38(33)32(26)31/h5-6,9,11-13,15-17H,4,7-8,10,14,18-21H2,1-3H3. The number of hydrogen-bond acceptors (Lipinski definition) is 5. The number of esters is 1. The van der Waals surface area contributed by atoms with Crippen LogP contribution in [-0.4, -0.2) is 40.1 Å². The van der Waals surface area contributed by atoms with Gasteiger partial charge >= 0.3 is 5.97 Å². The van der Waals surface area contributed by atoms with Gasteiger partial charge in [-0.05, 0) is 62.6 Å². The summed E-state index contributed by atoms with van der Waals surface area (Å²) in [4.78, 5) is 13.6. The zero-order chi connectivity index (χ0) is 29.2. The third kappa shape index (κ3) is 5.16. The van der Waals surface area contributed by atoms with Crippen LogP contribution >= 0.6 is 11.6 Å². The molecule has 7 nitrogen and oxygen atoms in total. The van der Waals surface area contributed by atoms with Crippen molar-refractivity contribution in [1.29, 1.82) is 0 Å². The van der Waals surface area contributed by atoms with Gasteiger partial charge in [0.05, 0.1) is 36.1 Å². The minimum Gasteiger partial charge on any atom is -0.493 e. The van der Waals surface area contributed by atoms with Gasteiger partial charge in [0, 0.05) is 47.8 Å². The first-order valence-electron chi connectivity index (χ1n) is 14.7. The highest BCUT2D eigenvalue weighted by molar-refractivity contribution is 6.35. The zero-order valence-corrected chi connectivity index (χ0v) is 25.2. The average Bonchev–Trinajstić information content (AvgIpc) is 3.44. The number of nitrogens with zero attached hydrogens (tertiary/aromatic N) is 3. The smallest absolute Gasteiger partial charge is 0.355 e. The largest absolute Gasteiger partial charge is 0.493 e. The molecule has 8 heteroatoms. The van der Waals surface area contributed by atoms with Crippen LogP contribution in [0.5, 0.6) is 5.75 Å². The predicted octanol–water partition coefficient (Wildman–Crippen LogP) is 7.66. The summed E-state index contributed by atoms with van der Waals surface area (Å²) in [6.45, 7) is 6.40. The van der Waals surface area contributed by atoms with Gasteiger partial charge < -0.3 is 18.8 Å². The van der Waals surface area contributed by atoms with E-state index < -0.39 is 0 Å². The van der Waals surface area contributed by atoms with Crippen molar-refractivity contribution >= 4 is 39.2 Å². The van der Waals surface area contributed by atoms with Crippen LogP contribution in [0.4, 0.5) is 0 Å². The molecule has 0 saturated heterocycles. The van der Waals surface area contributed by atoms with Gasteiger partial charge in [-0.2, -0.15) is 5.10 Å². The second-order valence-electron chi connectivity index (χ2n) is 10.7. The minimum atomic E-state index is -0.310. The second-order valence-corrected chi connectivity index (χ2v) is 11.1. The maximum Gasteiger partial charge on any atom is 0.355 e. The topological polar surface area (TPSA) is 67.5 Å². The number of halogens is 1. The Morgan fingerprint density at radius 2 is 1.88 bits per heavy atom. The van der Waals surface area contributed by atoms with Crippen LogP contribution in [0.15, 0.2) is 54.6 Å². The zero-order valence-electron chi connectivity index (χ0n) is 24.4. The second kappa shape index (κ2) is 12.2. The molecule has 3 aromatic carbocycles. The Hall–Kier alpha value is -3.81. The Morgan fingerprint density at radius 1 is 1.05 bits per heavy atom. The summed E-state index contributed by atoms with van der Waals surface area (Å²) in [7, 11) is 1.94. The van der Waals surface area contributed by atoms with E-state index in [0.29, 0.717) is 50.1 Å². The Kier molecular flexibility index (Phi) is 8.22. The van der Waals surface area contributed by atoms with E-state index in [9.17, 15) is 4.79 Å². The molecule has 0 saturated carbocycles. The van der Waals surface area contributed by atoms with Crippen LogP contribution in [0.25, 0.3) is 32.8 Å². The molecule has 218 valence electrons. The SMILES string of the molecule is CCOC(=O)c1c(CCCOc2cccc3ccccc23)c2ccc(Cl)c3c2n1CCCCOCc1nn(C)c(C)c1-3. The first-order valence-corrected chi connectivity index (χ1v) is 15.1. The van der Waals surface area contributed by atoms with E-state index in [0.717, 1.165) is 74.8 Å². The summed E-state index contributed by atoms with van der Waals surface area (Å²) in [5.41, 5.74) is 6.23. The highest BCUT2D eigenvalue weighted by Crippen LogP contribution is 2.43. The van der Waals surface area contributed by atoms with E-state index in [1.54, 1.807) is 0 Å². The summed E-state index contributed by atoms with van der Waals surface area (Å²) < 4.78 is 21.9. The van der Waals surface area contributed by atoms with Crippen molar-refractivity contribution in [2.45, 2.75) is 52.7 Å². The van der Waals surface area contributed by atoms with Gasteiger partial charge in [-0.3, -0.25) is 4.68 Å². The lowest BCUT2D eigenvalue weighted by Crippen LogP contribution is -2.15. The van der Waals surface area contributed by atoms with Crippen molar-refractivity contribution in [2.24, 2.45) is 7.05 Å². The molecule has 42 heavy (non-hydrogen) atoms. The van der Waals surface area contributed by atoms with Crippen LogP contribution in [0, 0.1) is 6.92 Å². The lowest BCUT2D eigenvalue weighted by atomic mass is 9.98. The Morgan fingerprint density at radius 3 is 2.74 bits per heavy atom. The van der Waals surface area contributed by atoms with Gasteiger partial charge in [-0.1, -0.05) is 54.1 Å². The fourth-order valence-corrected chi connectivity index (χ4v) is 6.39. The van der Waals surface area contributed by atoms with Gasteiger partial charge in [-0.25, -0.2) is 4.79 Å². The van der Waals surface area contributed by atoms with Crippen molar-refractivity contribution in [3.05, 3.63) is 82.3 Å². The molecule has 0 bridgehead atoms. The number of fused-ring (bicyclic) bond motifs is 3. The third-order valence-corrected chi connectivity index (χ3v) is 8.46. The summed E-state index contributed by atoms with van der Waals surface area (Å²) in [6, 6.07) is 18.3. The molecule has 0 aliphatic carbocycles. The third-order valence-electron chi connectivity index (χ3n) is 8.14. The number of ether oxygens (including phenoxy) is 3. The molecule has 0 unspecified atom stereocenters. The number of benzene rings is 3. The molecular formula is C34H36ClN3O4. The number of hydrogen-bond donors (Lipinski definition) is 0. The van der Waals surface area contributed by atoms with E-state index in [1.807, 2.05) is 62.0 Å². The van der Waals surface area contributed by atoms with Crippen molar-refractivity contribution < 1.29 is 19.0 Å². The van der Waals surface area contributed by atoms with Crippen molar-refractivity contribution in [2.75, 3.05) is 19.8 Å². The molecule has 0 spiro atoms. The molecular weight excluding hydrogens is 550 g/mol. The van der Waals surface area contributed by atoms with Crippen LogP contribution in [0.3, 0.4) is 0 Å². The molecule has 0 atom stereocenters. The normalized spacial score (nSPS) is 13.6. The highest BCUT2D eigenvalue weighted by Gasteiger charge is 2.29. The van der Waals surface area contributed by atoms with E-state index in [2.05, 4.69) is 22.8 Å². The van der Waals surface area contributed by atoms with Crippen LogP contribution in [-0.2, 0) is 36.1 Å². The first kappa shape index (κ1) is 28.3. The average molecular weight is 586 g/mol. The molecule has 3 heterocycles. The molecule has 1 aliphatic rings. The number of aromatic nitrogens is 3. The van der Waals surface area contributed by atoms with Gasteiger partial charge in [0.15, 0.2) is 0 Å². The molecule has 5 aromatic rings. The lowest BCUT2D eigenvalue weighted by molar-refractivity contribution is 0.0512. The van der Waals surface area contributed by atoms with E-state index in [4.69, 9.17) is 30.9 Å². The summed E-state index contributed by atoms with van der Waals surface area (Å²) in [5, 5.41) is 8.65. The van der Waals surface area contributed by atoms with Gasteiger partial charge in [0.25, 0.3) is 0 Å². The lowest BCUT2D eigenvalue weighted by Gasteiger charge is -2.14. The molecule has 1 aliphatic heterocycles. The van der Waals surface area contributed by atoms with Crippen LogP contribution in [0.1, 0.15) is 53.6 Å². The maximum absolute atomic E-state index is 13.6. The predicted molar refractivity (Wildman–Crippen MR) is 166 cm³/mol. The van der Waals surface area contributed by atoms with Gasteiger partial charge in [0.2, 0.25) is 0 Å². The summed E-state index contributed by atoms with van der Waals surface area (Å²) >= 11 is 7.00. The van der Waals surface area contributed by atoms with Crippen molar-refractivity contribution in [3.8, 4) is 16.9 Å². The number of carbonyl (C=O) groups is 1. The number of aryl methyl sites for hydroxylation is 3. The first-order chi connectivity index (χ1) is 20.5.